The first kappa shape index (κ1) is 15.6. The summed E-state index contributed by atoms with van der Waals surface area (Å²) in [5.74, 6) is 0.250. The minimum atomic E-state index is -0.282. The Labute approximate surface area is 120 Å². The maximum absolute atomic E-state index is 11.9. The van der Waals surface area contributed by atoms with E-state index in [1.54, 1.807) is 6.08 Å². The molecule has 7 heteroatoms. The van der Waals surface area contributed by atoms with Gasteiger partial charge in [-0.15, -0.1) is 29.7 Å². The third-order valence-corrected chi connectivity index (χ3v) is 4.61. The lowest BCUT2D eigenvalue weighted by Crippen LogP contribution is -2.24. The molecule has 0 unspecified atom stereocenters. The van der Waals surface area contributed by atoms with Crippen LogP contribution in [0.3, 0.4) is 0 Å². The standard InChI is InChI=1S/C12H17N3O2S2/c1-4-6-15-11(17)9-8(13)7(10(16)14-3)12(19-9)18-5-2/h4H,1,5-6,13H2,2-3H3,(H,14,16)(H,15,17). The zero-order valence-corrected chi connectivity index (χ0v) is 12.5. The Morgan fingerprint density at radius 2 is 2.16 bits per heavy atom. The van der Waals surface area contributed by atoms with Gasteiger partial charge >= 0.3 is 0 Å². The number of hydrogen-bond donors (Lipinski definition) is 3. The van der Waals surface area contributed by atoms with E-state index in [0.29, 0.717) is 17.0 Å². The SMILES string of the molecule is C=CCNC(=O)c1sc(SCC)c(C(=O)NC)c1N. The van der Waals surface area contributed by atoms with E-state index < -0.39 is 0 Å². The second kappa shape index (κ2) is 7.20. The molecule has 0 spiro atoms. The zero-order chi connectivity index (χ0) is 14.4. The van der Waals surface area contributed by atoms with Crippen molar-refractivity contribution in [1.29, 1.82) is 0 Å². The van der Waals surface area contributed by atoms with Crippen LogP contribution in [-0.2, 0) is 0 Å². The molecule has 0 aromatic carbocycles. The fraction of sp³-hybridized carbons (Fsp3) is 0.333. The van der Waals surface area contributed by atoms with Crippen LogP contribution in [0, 0.1) is 0 Å². The molecule has 1 rings (SSSR count). The number of anilines is 1. The molecule has 104 valence electrons. The molecular weight excluding hydrogens is 282 g/mol. The first-order valence-corrected chi connectivity index (χ1v) is 7.53. The van der Waals surface area contributed by atoms with E-state index in [-0.39, 0.29) is 17.5 Å². The number of hydrogen-bond acceptors (Lipinski definition) is 5. The Morgan fingerprint density at radius 3 is 2.68 bits per heavy atom. The number of amides is 2. The van der Waals surface area contributed by atoms with Crippen LogP contribution >= 0.6 is 23.1 Å². The molecule has 1 aromatic rings. The predicted octanol–water partition coefficient (Wildman–Crippen LogP) is 1.72. The Hall–Kier alpha value is -1.47. The highest BCUT2D eigenvalue weighted by Crippen LogP contribution is 2.38. The van der Waals surface area contributed by atoms with Crippen LogP contribution < -0.4 is 16.4 Å². The van der Waals surface area contributed by atoms with Gasteiger partial charge in [0.2, 0.25) is 0 Å². The van der Waals surface area contributed by atoms with Gasteiger partial charge in [0.25, 0.3) is 11.8 Å². The van der Waals surface area contributed by atoms with E-state index >= 15 is 0 Å². The Balaban J connectivity index is 3.16. The van der Waals surface area contributed by atoms with Crippen molar-refractivity contribution in [2.24, 2.45) is 0 Å². The number of carbonyl (C=O) groups is 2. The molecule has 0 aliphatic carbocycles. The maximum atomic E-state index is 11.9. The molecule has 0 radical (unpaired) electrons. The summed E-state index contributed by atoms with van der Waals surface area (Å²) >= 11 is 2.74. The van der Waals surface area contributed by atoms with Crippen molar-refractivity contribution in [3.05, 3.63) is 23.1 Å². The summed E-state index contributed by atoms with van der Waals surface area (Å²) in [5, 5.41) is 5.20. The molecule has 0 saturated heterocycles. The van der Waals surface area contributed by atoms with E-state index in [9.17, 15) is 9.59 Å². The summed E-state index contributed by atoms with van der Waals surface area (Å²) < 4.78 is 0.767. The van der Waals surface area contributed by atoms with E-state index in [4.69, 9.17) is 5.73 Å². The molecule has 0 aliphatic heterocycles. The molecular formula is C12H17N3O2S2. The molecule has 0 aliphatic rings. The minimum Gasteiger partial charge on any atom is -0.397 e. The molecule has 0 fully saturated rings. The second-order valence-electron chi connectivity index (χ2n) is 3.52. The largest absolute Gasteiger partial charge is 0.397 e. The average Bonchev–Trinajstić information content (AvgIpc) is 2.72. The maximum Gasteiger partial charge on any atom is 0.263 e. The predicted molar refractivity (Wildman–Crippen MR) is 81.0 cm³/mol. The zero-order valence-electron chi connectivity index (χ0n) is 10.9. The van der Waals surface area contributed by atoms with Gasteiger partial charge in [0, 0.05) is 13.6 Å². The lowest BCUT2D eigenvalue weighted by molar-refractivity contribution is 0.0959. The van der Waals surface area contributed by atoms with Crippen LogP contribution in [0.5, 0.6) is 0 Å². The van der Waals surface area contributed by atoms with Crippen LogP contribution in [-0.4, -0.2) is 31.2 Å². The lowest BCUT2D eigenvalue weighted by Gasteiger charge is -2.03. The number of nitrogens with one attached hydrogen (secondary N) is 2. The summed E-state index contributed by atoms with van der Waals surface area (Å²) in [6.07, 6.45) is 1.59. The number of carbonyl (C=O) groups excluding carboxylic acids is 2. The van der Waals surface area contributed by atoms with Crippen molar-refractivity contribution < 1.29 is 9.59 Å². The fourth-order valence-corrected chi connectivity index (χ4v) is 3.72. The third kappa shape index (κ3) is 3.51. The normalized spacial score (nSPS) is 10.0. The lowest BCUT2D eigenvalue weighted by atomic mass is 10.2. The molecule has 1 aromatic heterocycles. The Bertz CT molecular complexity index is 497. The van der Waals surface area contributed by atoms with Crippen LogP contribution in [0.2, 0.25) is 0 Å². The Kier molecular flexibility index (Phi) is 5.91. The van der Waals surface area contributed by atoms with Crippen molar-refractivity contribution in [2.45, 2.75) is 11.1 Å². The van der Waals surface area contributed by atoms with E-state index in [2.05, 4.69) is 17.2 Å². The van der Waals surface area contributed by atoms with Crippen LogP contribution in [0.1, 0.15) is 27.0 Å². The van der Waals surface area contributed by atoms with Crippen molar-refractivity contribution in [3.8, 4) is 0 Å². The summed E-state index contributed by atoms with van der Waals surface area (Å²) in [7, 11) is 1.54. The van der Waals surface area contributed by atoms with Gasteiger partial charge < -0.3 is 16.4 Å². The van der Waals surface area contributed by atoms with Gasteiger partial charge in [0.1, 0.15) is 4.88 Å². The van der Waals surface area contributed by atoms with Crippen LogP contribution in [0.15, 0.2) is 16.9 Å². The highest BCUT2D eigenvalue weighted by Gasteiger charge is 2.24. The smallest absolute Gasteiger partial charge is 0.263 e. The van der Waals surface area contributed by atoms with Gasteiger partial charge in [0.05, 0.1) is 15.5 Å². The van der Waals surface area contributed by atoms with Crippen molar-refractivity contribution in [3.63, 3.8) is 0 Å². The quantitative estimate of drug-likeness (QED) is 0.551. The van der Waals surface area contributed by atoms with Crippen molar-refractivity contribution >= 4 is 40.6 Å². The molecule has 4 N–H and O–H groups in total. The molecule has 0 bridgehead atoms. The van der Waals surface area contributed by atoms with Crippen molar-refractivity contribution in [2.75, 3.05) is 25.1 Å². The minimum absolute atomic E-state index is 0.238. The summed E-state index contributed by atoms with van der Waals surface area (Å²) in [4.78, 5) is 24.1. The van der Waals surface area contributed by atoms with Gasteiger partial charge in [-0.25, -0.2) is 0 Å². The second-order valence-corrected chi connectivity index (χ2v) is 6.07. The number of rotatable bonds is 6. The molecule has 1 heterocycles. The first-order valence-electron chi connectivity index (χ1n) is 5.73. The van der Waals surface area contributed by atoms with Crippen LogP contribution in [0.4, 0.5) is 5.69 Å². The average molecular weight is 299 g/mol. The molecule has 0 saturated carbocycles. The van der Waals surface area contributed by atoms with E-state index in [1.165, 1.54) is 30.1 Å². The first-order chi connectivity index (χ1) is 9.06. The Morgan fingerprint density at radius 1 is 1.47 bits per heavy atom. The highest BCUT2D eigenvalue weighted by molar-refractivity contribution is 8.01. The van der Waals surface area contributed by atoms with Crippen LogP contribution in [0.25, 0.3) is 0 Å². The number of thiophene rings is 1. The van der Waals surface area contributed by atoms with Gasteiger partial charge in [-0.3, -0.25) is 9.59 Å². The third-order valence-electron chi connectivity index (χ3n) is 2.26. The summed E-state index contributed by atoms with van der Waals surface area (Å²) in [5.41, 5.74) is 6.56. The van der Waals surface area contributed by atoms with Crippen molar-refractivity contribution in [1.82, 2.24) is 10.6 Å². The summed E-state index contributed by atoms with van der Waals surface area (Å²) in [6.45, 7) is 5.87. The molecule has 19 heavy (non-hydrogen) atoms. The van der Waals surface area contributed by atoms with Gasteiger partial charge in [0.15, 0.2) is 0 Å². The highest BCUT2D eigenvalue weighted by atomic mass is 32.2. The summed E-state index contributed by atoms with van der Waals surface area (Å²) in [6, 6.07) is 0. The fourth-order valence-electron chi connectivity index (χ4n) is 1.41. The molecule has 0 atom stereocenters. The van der Waals surface area contributed by atoms with E-state index in [0.717, 1.165) is 9.96 Å². The van der Waals surface area contributed by atoms with Gasteiger partial charge in [-0.1, -0.05) is 13.0 Å². The number of nitrogen functional groups attached to an aromatic ring is 1. The molecule has 5 nitrogen and oxygen atoms in total. The monoisotopic (exact) mass is 299 g/mol. The molecule has 2 amide bonds. The van der Waals surface area contributed by atoms with Gasteiger partial charge in [-0.2, -0.15) is 0 Å². The topological polar surface area (TPSA) is 84.2 Å². The van der Waals surface area contributed by atoms with Gasteiger partial charge in [-0.05, 0) is 5.75 Å². The van der Waals surface area contributed by atoms with E-state index in [1.807, 2.05) is 6.92 Å². The number of thioether (sulfide) groups is 1. The number of nitrogens with two attached hydrogens (primary N) is 1.